The quantitative estimate of drug-likeness (QED) is 0.862. The molecule has 1 aliphatic heterocycles. The van der Waals surface area contributed by atoms with Gasteiger partial charge in [0.2, 0.25) is 0 Å². The van der Waals surface area contributed by atoms with E-state index in [1.165, 1.54) is 16.8 Å². The monoisotopic (exact) mass is 287 g/mol. The highest BCUT2D eigenvalue weighted by Crippen LogP contribution is 2.22. The van der Waals surface area contributed by atoms with Crippen molar-refractivity contribution >= 4 is 11.3 Å². The molecule has 0 spiro atoms. The first-order chi connectivity index (χ1) is 9.72. The fraction of sp³-hybridized carbons (Fsp3) is 0.438. The van der Waals surface area contributed by atoms with Crippen LogP contribution in [-0.2, 0) is 19.5 Å². The van der Waals surface area contributed by atoms with Crippen LogP contribution in [0.1, 0.15) is 16.8 Å². The SMILES string of the molecule is CN(Cc1cscn1)C[C@@H]1Cc2ccccc2CN1C. The molecule has 1 aliphatic rings. The zero-order chi connectivity index (χ0) is 13.9. The molecule has 0 aliphatic carbocycles. The minimum absolute atomic E-state index is 0.591. The topological polar surface area (TPSA) is 19.4 Å². The van der Waals surface area contributed by atoms with E-state index in [1.807, 2.05) is 5.51 Å². The Hall–Kier alpha value is -1.23. The third-order valence-corrected chi connectivity index (χ3v) is 4.69. The van der Waals surface area contributed by atoms with Crippen LogP contribution >= 0.6 is 11.3 Å². The Morgan fingerprint density at radius 1 is 1.35 bits per heavy atom. The fourth-order valence-electron chi connectivity index (χ4n) is 2.94. The zero-order valence-corrected chi connectivity index (χ0v) is 12.9. The second kappa shape index (κ2) is 6.04. The van der Waals surface area contributed by atoms with E-state index in [-0.39, 0.29) is 0 Å². The minimum atomic E-state index is 0.591. The van der Waals surface area contributed by atoms with Gasteiger partial charge in [-0.3, -0.25) is 9.80 Å². The molecule has 1 aromatic heterocycles. The van der Waals surface area contributed by atoms with Crippen LogP contribution in [0.5, 0.6) is 0 Å². The van der Waals surface area contributed by atoms with Gasteiger partial charge in [0.25, 0.3) is 0 Å². The molecule has 4 heteroatoms. The highest BCUT2D eigenvalue weighted by molar-refractivity contribution is 7.07. The number of rotatable bonds is 4. The molecule has 3 rings (SSSR count). The minimum Gasteiger partial charge on any atom is -0.299 e. The van der Waals surface area contributed by atoms with Crippen molar-refractivity contribution in [3.63, 3.8) is 0 Å². The van der Waals surface area contributed by atoms with Crippen LogP contribution in [0.3, 0.4) is 0 Å². The smallest absolute Gasteiger partial charge is 0.0795 e. The van der Waals surface area contributed by atoms with Gasteiger partial charge in [0.1, 0.15) is 0 Å². The summed E-state index contributed by atoms with van der Waals surface area (Å²) >= 11 is 1.67. The first-order valence-electron chi connectivity index (χ1n) is 7.05. The summed E-state index contributed by atoms with van der Waals surface area (Å²) in [6.07, 6.45) is 1.15. The zero-order valence-electron chi connectivity index (χ0n) is 12.1. The first kappa shape index (κ1) is 13.7. The van der Waals surface area contributed by atoms with Crippen molar-refractivity contribution in [2.75, 3.05) is 20.6 Å². The van der Waals surface area contributed by atoms with Crippen molar-refractivity contribution in [2.45, 2.75) is 25.6 Å². The predicted molar refractivity (Wildman–Crippen MR) is 83.8 cm³/mol. The highest BCUT2D eigenvalue weighted by atomic mass is 32.1. The Labute approximate surface area is 124 Å². The molecule has 1 atom stereocenters. The van der Waals surface area contributed by atoms with E-state index >= 15 is 0 Å². The van der Waals surface area contributed by atoms with Gasteiger partial charge in [0.05, 0.1) is 11.2 Å². The van der Waals surface area contributed by atoms with Gasteiger partial charge in [-0.15, -0.1) is 11.3 Å². The lowest BCUT2D eigenvalue weighted by Gasteiger charge is -2.36. The van der Waals surface area contributed by atoms with Crippen molar-refractivity contribution < 1.29 is 0 Å². The van der Waals surface area contributed by atoms with Gasteiger partial charge < -0.3 is 0 Å². The average Bonchev–Trinajstić information content (AvgIpc) is 2.92. The van der Waals surface area contributed by atoms with Crippen LogP contribution in [0.4, 0.5) is 0 Å². The molecule has 0 amide bonds. The molecule has 0 N–H and O–H groups in total. The average molecular weight is 287 g/mol. The molecule has 20 heavy (non-hydrogen) atoms. The third-order valence-electron chi connectivity index (χ3n) is 4.05. The van der Waals surface area contributed by atoms with E-state index in [9.17, 15) is 0 Å². The molecule has 0 saturated carbocycles. The summed E-state index contributed by atoms with van der Waals surface area (Å²) in [7, 11) is 4.42. The molecule has 1 aromatic carbocycles. The lowest BCUT2D eigenvalue weighted by Crippen LogP contribution is -2.44. The van der Waals surface area contributed by atoms with Crippen molar-refractivity contribution in [3.05, 3.63) is 52.0 Å². The van der Waals surface area contributed by atoms with Crippen molar-refractivity contribution in [2.24, 2.45) is 0 Å². The van der Waals surface area contributed by atoms with E-state index in [2.05, 4.69) is 58.5 Å². The third kappa shape index (κ3) is 3.08. The van der Waals surface area contributed by atoms with Crippen molar-refractivity contribution in [1.82, 2.24) is 14.8 Å². The lowest BCUT2D eigenvalue weighted by atomic mass is 9.94. The number of thiazole rings is 1. The lowest BCUT2D eigenvalue weighted by molar-refractivity contribution is 0.158. The molecular formula is C16H21N3S. The van der Waals surface area contributed by atoms with Gasteiger partial charge in [-0.25, -0.2) is 4.98 Å². The number of benzene rings is 1. The molecule has 2 aromatic rings. The van der Waals surface area contributed by atoms with Crippen LogP contribution in [0, 0.1) is 0 Å². The van der Waals surface area contributed by atoms with E-state index in [4.69, 9.17) is 0 Å². The maximum Gasteiger partial charge on any atom is 0.0795 e. The predicted octanol–water partition coefficient (Wildman–Crippen LogP) is 2.63. The molecule has 0 fully saturated rings. The van der Waals surface area contributed by atoms with Gasteiger partial charge in [-0.05, 0) is 31.6 Å². The van der Waals surface area contributed by atoms with Crippen LogP contribution in [0.25, 0.3) is 0 Å². The van der Waals surface area contributed by atoms with E-state index in [1.54, 1.807) is 11.3 Å². The maximum absolute atomic E-state index is 4.37. The summed E-state index contributed by atoms with van der Waals surface area (Å²) in [4.78, 5) is 9.22. The van der Waals surface area contributed by atoms with E-state index < -0.39 is 0 Å². The summed E-state index contributed by atoms with van der Waals surface area (Å²) in [5.74, 6) is 0. The molecule has 3 nitrogen and oxygen atoms in total. The molecule has 0 radical (unpaired) electrons. The Morgan fingerprint density at radius 2 is 2.15 bits per heavy atom. The van der Waals surface area contributed by atoms with E-state index in [0.29, 0.717) is 6.04 Å². The summed E-state index contributed by atoms with van der Waals surface area (Å²) in [6.45, 7) is 3.09. The largest absolute Gasteiger partial charge is 0.299 e. The van der Waals surface area contributed by atoms with Gasteiger partial charge in [-0.2, -0.15) is 0 Å². The second-order valence-electron chi connectivity index (χ2n) is 5.72. The first-order valence-corrected chi connectivity index (χ1v) is 7.99. The molecular weight excluding hydrogens is 266 g/mol. The van der Waals surface area contributed by atoms with Crippen LogP contribution in [-0.4, -0.2) is 41.5 Å². The van der Waals surface area contributed by atoms with Gasteiger partial charge in [-0.1, -0.05) is 24.3 Å². The standard InChI is InChI=1S/C16H21N3S/c1-18(9-15-11-20-12-17-15)10-16-7-13-5-3-4-6-14(13)8-19(16)2/h3-6,11-12,16H,7-10H2,1-2H3/t16-/m0/s1. The number of hydrogen-bond acceptors (Lipinski definition) is 4. The molecule has 106 valence electrons. The molecule has 0 saturated heterocycles. The number of likely N-dealkylation sites (N-methyl/N-ethyl adjacent to an activating group) is 2. The molecule has 0 unspecified atom stereocenters. The Kier molecular flexibility index (Phi) is 4.15. The highest BCUT2D eigenvalue weighted by Gasteiger charge is 2.24. The number of nitrogens with zero attached hydrogens (tertiary/aromatic N) is 3. The summed E-state index contributed by atoms with van der Waals surface area (Å²) in [6, 6.07) is 9.41. The Morgan fingerprint density at radius 3 is 2.90 bits per heavy atom. The Balaban J connectivity index is 1.63. The second-order valence-corrected chi connectivity index (χ2v) is 6.44. The van der Waals surface area contributed by atoms with Crippen molar-refractivity contribution in [1.29, 1.82) is 0 Å². The van der Waals surface area contributed by atoms with Gasteiger partial charge in [0.15, 0.2) is 0 Å². The Bertz CT molecular complexity index is 553. The summed E-state index contributed by atoms with van der Waals surface area (Å²) in [5.41, 5.74) is 6.08. The van der Waals surface area contributed by atoms with E-state index in [0.717, 1.165) is 26.1 Å². The van der Waals surface area contributed by atoms with Gasteiger partial charge in [0, 0.05) is 31.1 Å². The maximum atomic E-state index is 4.37. The number of aromatic nitrogens is 1. The number of fused-ring (bicyclic) bond motifs is 1. The number of hydrogen-bond donors (Lipinski definition) is 0. The molecule has 2 heterocycles. The summed E-state index contributed by atoms with van der Waals surface area (Å²) < 4.78 is 0. The van der Waals surface area contributed by atoms with Crippen LogP contribution < -0.4 is 0 Å². The normalized spacial score (nSPS) is 19.2. The van der Waals surface area contributed by atoms with Gasteiger partial charge >= 0.3 is 0 Å². The van der Waals surface area contributed by atoms with Crippen molar-refractivity contribution in [3.8, 4) is 0 Å². The van der Waals surface area contributed by atoms with Crippen LogP contribution in [0.15, 0.2) is 35.2 Å². The fourth-order valence-corrected chi connectivity index (χ4v) is 3.49. The van der Waals surface area contributed by atoms with Crippen LogP contribution in [0.2, 0.25) is 0 Å². The molecule has 0 bridgehead atoms. The summed E-state index contributed by atoms with van der Waals surface area (Å²) in [5, 5.41) is 2.14.